The Bertz CT molecular complexity index is 470. The Morgan fingerprint density at radius 2 is 1.64 bits per heavy atom. The van der Waals surface area contributed by atoms with E-state index < -0.39 is 0 Å². The Hall–Kier alpha value is 0.140. The number of ether oxygens (including phenoxy) is 1. The molecule has 1 fully saturated rings. The van der Waals surface area contributed by atoms with Gasteiger partial charge in [0.15, 0.2) is 0 Å². The topological polar surface area (TPSA) is 9.23 Å². The first-order chi connectivity index (χ1) is 10.3. The maximum atomic E-state index is 6.49. The van der Waals surface area contributed by atoms with E-state index in [1.165, 1.54) is 37.7 Å². The number of benzene rings is 1. The fraction of sp³-hybridized carbons (Fsp3) is 0.684. The largest absolute Gasteiger partial charge is 0.368 e. The minimum Gasteiger partial charge on any atom is -0.368 e. The van der Waals surface area contributed by atoms with Crippen LogP contribution in [0.1, 0.15) is 65.4 Å². The van der Waals surface area contributed by atoms with Gasteiger partial charge in [-0.05, 0) is 75.1 Å². The molecule has 0 amide bonds. The summed E-state index contributed by atoms with van der Waals surface area (Å²) < 4.78 is 8.68. The van der Waals surface area contributed by atoms with Crippen LogP contribution in [0.2, 0.25) is 0 Å². The zero-order chi connectivity index (χ0) is 16.3. The lowest BCUT2D eigenvalue weighted by molar-refractivity contribution is -0.0955. The second-order valence-corrected chi connectivity index (χ2v) is 9.04. The first kappa shape index (κ1) is 18.5. The Morgan fingerprint density at radius 1 is 1.09 bits per heavy atom. The Kier molecular flexibility index (Phi) is 6.56. The average Bonchev–Trinajstić information content (AvgIpc) is 2.46. The molecule has 1 aliphatic rings. The Morgan fingerprint density at radius 3 is 2.14 bits per heavy atom. The van der Waals surface area contributed by atoms with Crippen molar-refractivity contribution in [1.82, 2.24) is 0 Å². The summed E-state index contributed by atoms with van der Waals surface area (Å²) in [5, 5.41) is 0. The van der Waals surface area contributed by atoms with Gasteiger partial charge in [-0.1, -0.05) is 52.1 Å². The number of rotatable bonds is 5. The fourth-order valence-corrected chi connectivity index (χ4v) is 4.79. The highest BCUT2D eigenvalue weighted by atomic mass is 79.9. The van der Waals surface area contributed by atoms with E-state index >= 15 is 0 Å². The van der Waals surface area contributed by atoms with Crippen molar-refractivity contribution < 1.29 is 4.74 Å². The van der Waals surface area contributed by atoms with Gasteiger partial charge in [0.05, 0.1) is 11.7 Å². The molecule has 22 heavy (non-hydrogen) atoms. The summed E-state index contributed by atoms with van der Waals surface area (Å²) in [4.78, 5) is 0. The van der Waals surface area contributed by atoms with Gasteiger partial charge in [0, 0.05) is 8.95 Å². The highest BCUT2D eigenvalue weighted by Gasteiger charge is 2.30. The molecular formula is C19H28Br2O. The van der Waals surface area contributed by atoms with Gasteiger partial charge in [0.2, 0.25) is 0 Å². The molecule has 0 saturated heterocycles. The third kappa shape index (κ3) is 4.82. The molecule has 1 unspecified atom stereocenters. The standard InChI is InChI=1S/C19H28Br2O/c1-5-13(2)14-6-8-18(9-7-14)22-19(3,4)15-10-16(20)12-17(21)11-15/h10-14,18H,5-9H2,1-4H3. The third-order valence-electron chi connectivity index (χ3n) is 5.19. The van der Waals surface area contributed by atoms with Crippen molar-refractivity contribution in [3.05, 3.63) is 32.7 Å². The lowest BCUT2D eigenvalue weighted by atomic mass is 9.78. The van der Waals surface area contributed by atoms with Crippen LogP contribution < -0.4 is 0 Å². The molecule has 1 nitrogen and oxygen atoms in total. The summed E-state index contributed by atoms with van der Waals surface area (Å²) in [6, 6.07) is 6.39. The molecule has 3 heteroatoms. The highest BCUT2D eigenvalue weighted by Crippen LogP contribution is 2.37. The van der Waals surface area contributed by atoms with E-state index in [0.717, 1.165) is 20.8 Å². The second-order valence-electron chi connectivity index (χ2n) is 7.21. The van der Waals surface area contributed by atoms with Gasteiger partial charge in [-0.2, -0.15) is 0 Å². The average molecular weight is 432 g/mol. The van der Waals surface area contributed by atoms with Gasteiger partial charge in [0.25, 0.3) is 0 Å². The van der Waals surface area contributed by atoms with Gasteiger partial charge < -0.3 is 4.74 Å². The maximum Gasteiger partial charge on any atom is 0.0879 e. The molecule has 1 aromatic rings. The van der Waals surface area contributed by atoms with E-state index in [1.54, 1.807) is 0 Å². The minimum absolute atomic E-state index is 0.250. The van der Waals surface area contributed by atoms with Gasteiger partial charge in [-0.15, -0.1) is 0 Å². The molecule has 0 spiro atoms. The van der Waals surface area contributed by atoms with Crippen LogP contribution >= 0.6 is 31.9 Å². The van der Waals surface area contributed by atoms with Crippen molar-refractivity contribution in [2.75, 3.05) is 0 Å². The van der Waals surface area contributed by atoms with E-state index in [-0.39, 0.29) is 5.60 Å². The fourth-order valence-electron chi connectivity index (χ4n) is 3.49. The monoisotopic (exact) mass is 430 g/mol. The van der Waals surface area contributed by atoms with Crippen LogP contribution in [0.15, 0.2) is 27.1 Å². The van der Waals surface area contributed by atoms with E-state index in [1.807, 2.05) is 0 Å². The molecule has 2 rings (SSSR count). The normalized spacial score (nSPS) is 24.3. The molecule has 1 atom stereocenters. The van der Waals surface area contributed by atoms with E-state index in [9.17, 15) is 0 Å². The molecule has 0 aromatic heterocycles. The third-order valence-corrected chi connectivity index (χ3v) is 6.10. The summed E-state index contributed by atoms with van der Waals surface area (Å²) in [6.45, 7) is 9.07. The van der Waals surface area contributed by atoms with Gasteiger partial charge in [0.1, 0.15) is 0 Å². The van der Waals surface area contributed by atoms with E-state index in [0.29, 0.717) is 6.10 Å². The number of hydrogen-bond acceptors (Lipinski definition) is 1. The summed E-state index contributed by atoms with van der Waals surface area (Å²) in [6.07, 6.45) is 6.73. The van der Waals surface area contributed by atoms with Crippen LogP contribution in [-0.4, -0.2) is 6.10 Å². The lowest BCUT2D eigenvalue weighted by Gasteiger charge is -2.37. The van der Waals surface area contributed by atoms with Gasteiger partial charge in [-0.3, -0.25) is 0 Å². The van der Waals surface area contributed by atoms with Crippen molar-refractivity contribution in [2.24, 2.45) is 11.8 Å². The van der Waals surface area contributed by atoms with Crippen molar-refractivity contribution in [3.63, 3.8) is 0 Å². The molecule has 0 N–H and O–H groups in total. The molecule has 124 valence electrons. The molecule has 1 aliphatic carbocycles. The van der Waals surface area contributed by atoms with Crippen molar-refractivity contribution >= 4 is 31.9 Å². The summed E-state index contributed by atoms with van der Waals surface area (Å²) in [7, 11) is 0. The molecule has 1 saturated carbocycles. The van der Waals surface area contributed by atoms with Crippen molar-refractivity contribution in [1.29, 1.82) is 0 Å². The van der Waals surface area contributed by atoms with Crippen LogP contribution in [0.25, 0.3) is 0 Å². The maximum absolute atomic E-state index is 6.49. The number of hydrogen-bond donors (Lipinski definition) is 0. The minimum atomic E-state index is -0.250. The summed E-state index contributed by atoms with van der Waals surface area (Å²) >= 11 is 7.15. The first-order valence-electron chi connectivity index (χ1n) is 8.46. The Labute approximate surface area is 152 Å². The Balaban J connectivity index is 1.98. The van der Waals surface area contributed by atoms with Crippen molar-refractivity contribution in [2.45, 2.75) is 71.5 Å². The predicted molar refractivity (Wildman–Crippen MR) is 101 cm³/mol. The molecule has 1 aromatic carbocycles. The first-order valence-corrected chi connectivity index (χ1v) is 10.0. The highest BCUT2D eigenvalue weighted by molar-refractivity contribution is 9.11. The van der Waals surface area contributed by atoms with E-state index in [4.69, 9.17) is 4.74 Å². The van der Waals surface area contributed by atoms with Crippen LogP contribution in [0.3, 0.4) is 0 Å². The van der Waals surface area contributed by atoms with Gasteiger partial charge >= 0.3 is 0 Å². The van der Waals surface area contributed by atoms with E-state index in [2.05, 4.69) is 77.8 Å². The molecule has 0 heterocycles. The molecular weight excluding hydrogens is 404 g/mol. The molecule has 0 aliphatic heterocycles. The zero-order valence-corrected chi connectivity index (χ0v) is 17.3. The van der Waals surface area contributed by atoms with Gasteiger partial charge in [-0.25, -0.2) is 0 Å². The van der Waals surface area contributed by atoms with Crippen LogP contribution in [-0.2, 0) is 10.3 Å². The quantitative estimate of drug-likeness (QED) is 0.484. The van der Waals surface area contributed by atoms with Crippen LogP contribution in [0.5, 0.6) is 0 Å². The lowest BCUT2D eigenvalue weighted by Crippen LogP contribution is -2.32. The summed E-state index contributed by atoms with van der Waals surface area (Å²) in [5.41, 5.74) is 0.970. The summed E-state index contributed by atoms with van der Waals surface area (Å²) in [5.74, 6) is 1.75. The van der Waals surface area contributed by atoms with Crippen LogP contribution in [0.4, 0.5) is 0 Å². The molecule has 0 radical (unpaired) electrons. The predicted octanol–water partition coefficient (Wildman–Crippen LogP) is 7.07. The van der Waals surface area contributed by atoms with Crippen molar-refractivity contribution in [3.8, 4) is 0 Å². The smallest absolute Gasteiger partial charge is 0.0879 e. The second kappa shape index (κ2) is 7.81. The zero-order valence-electron chi connectivity index (χ0n) is 14.2. The number of halogens is 2. The SMILES string of the molecule is CCC(C)C1CCC(OC(C)(C)c2cc(Br)cc(Br)c2)CC1. The molecule has 0 bridgehead atoms. The van der Waals surface area contributed by atoms with Crippen LogP contribution in [0, 0.1) is 11.8 Å².